The smallest absolute Gasteiger partial charge is 0.437 e. The van der Waals surface area contributed by atoms with Gasteiger partial charge >= 0.3 is 6.16 Å². The number of thiophene rings is 1. The van der Waals surface area contributed by atoms with Crippen molar-refractivity contribution in [3.63, 3.8) is 0 Å². The average Bonchev–Trinajstić information content (AvgIpc) is 2.88. The first-order valence-electron chi connectivity index (χ1n) is 5.30. The van der Waals surface area contributed by atoms with Crippen LogP contribution in [0.2, 0.25) is 0 Å². The van der Waals surface area contributed by atoms with E-state index in [1.165, 1.54) is 18.4 Å². The minimum atomic E-state index is -0.722. The van der Waals surface area contributed by atoms with Gasteiger partial charge in [-0.25, -0.2) is 4.79 Å². The van der Waals surface area contributed by atoms with Crippen LogP contribution >= 0.6 is 11.3 Å². The van der Waals surface area contributed by atoms with E-state index in [4.69, 9.17) is 4.74 Å². The third kappa shape index (κ3) is 1.69. The Balaban J connectivity index is 2.28. The van der Waals surface area contributed by atoms with Gasteiger partial charge in [0.15, 0.2) is 5.75 Å². The largest absolute Gasteiger partial charge is 0.513 e. The van der Waals surface area contributed by atoms with Crippen molar-refractivity contribution >= 4 is 38.5 Å². The van der Waals surface area contributed by atoms with Gasteiger partial charge in [-0.2, -0.15) is 0 Å². The summed E-state index contributed by atoms with van der Waals surface area (Å²) in [6.45, 7) is 0. The van der Waals surface area contributed by atoms with Crippen LogP contribution in [0.5, 0.6) is 5.75 Å². The van der Waals surface area contributed by atoms with Gasteiger partial charge in [-0.3, -0.25) is 4.98 Å². The quantitative estimate of drug-likeness (QED) is 0.495. The van der Waals surface area contributed by atoms with E-state index in [2.05, 4.69) is 9.72 Å². The zero-order valence-corrected chi connectivity index (χ0v) is 10.4. The van der Waals surface area contributed by atoms with E-state index in [9.17, 15) is 4.79 Å². The zero-order valence-electron chi connectivity index (χ0n) is 9.54. The van der Waals surface area contributed by atoms with Gasteiger partial charge in [-0.1, -0.05) is 6.07 Å². The molecular weight excluding hydrogens is 250 g/mol. The van der Waals surface area contributed by atoms with Crippen molar-refractivity contribution in [3.05, 3.63) is 35.8 Å². The number of nitrogens with zero attached hydrogens (tertiary/aromatic N) is 1. The predicted molar refractivity (Wildman–Crippen MR) is 70.2 cm³/mol. The van der Waals surface area contributed by atoms with Crippen LogP contribution in [-0.4, -0.2) is 18.2 Å². The zero-order chi connectivity index (χ0) is 12.5. The molecule has 4 nitrogen and oxygen atoms in total. The van der Waals surface area contributed by atoms with E-state index < -0.39 is 6.16 Å². The molecule has 3 aromatic rings. The number of rotatable bonds is 1. The lowest BCUT2D eigenvalue weighted by Gasteiger charge is -2.06. The Bertz CT molecular complexity index is 735. The lowest BCUT2D eigenvalue weighted by atomic mass is 10.1. The number of pyridine rings is 1. The molecule has 0 amide bonds. The lowest BCUT2D eigenvalue weighted by molar-refractivity contribution is 0.122. The van der Waals surface area contributed by atoms with E-state index in [-0.39, 0.29) is 0 Å². The minimum absolute atomic E-state index is 0.484. The highest BCUT2D eigenvalue weighted by atomic mass is 32.1. The monoisotopic (exact) mass is 259 g/mol. The molecule has 0 saturated heterocycles. The summed E-state index contributed by atoms with van der Waals surface area (Å²) in [5, 5.41) is 4.04. The van der Waals surface area contributed by atoms with E-state index in [1.807, 2.05) is 23.6 Å². The standard InChI is InChI=1S/C13H9NO3S/c1-16-13(15)17-11-7-10-8(3-2-5-14-10)9-4-6-18-12(9)11/h2-7H,1H3. The Morgan fingerprint density at radius 3 is 3.06 bits per heavy atom. The molecule has 2 aromatic heterocycles. The maximum absolute atomic E-state index is 11.2. The van der Waals surface area contributed by atoms with Crippen molar-refractivity contribution in [1.29, 1.82) is 0 Å². The van der Waals surface area contributed by atoms with Gasteiger partial charge in [-0.15, -0.1) is 11.3 Å². The summed E-state index contributed by atoms with van der Waals surface area (Å²) in [6, 6.07) is 7.64. The van der Waals surface area contributed by atoms with E-state index in [1.54, 1.807) is 12.3 Å². The van der Waals surface area contributed by atoms with Gasteiger partial charge in [0, 0.05) is 23.0 Å². The molecule has 0 bridgehead atoms. The second-order valence-corrected chi connectivity index (χ2v) is 4.58. The number of benzene rings is 1. The van der Waals surface area contributed by atoms with Crippen molar-refractivity contribution in [2.24, 2.45) is 0 Å². The summed E-state index contributed by atoms with van der Waals surface area (Å²) in [6.07, 6.45) is 0.989. The molecule has 0 N–H and O–H groups in total. The first-order chi connectivity index (χ1) is 8.79. The number of carbonyl (C=O) groups excluding carboxylic acids is 1. The molecule has 0 aliphatic rings. The summed E-state index contributed by atoms with van der Waals surface area (Å²) >= 11 is 1.52. The molecule has 0 fully saturated rings. The van der Waals surface area contributed by atoms with E-state index >= 15 is 0 Å². The molecule has 0 saturated carbocycles. The fourth-order valence-corrected chi connectivity index (χ4v) is 2.73. The van der Waals surface area contributed by atoms with Crippen molar-refractivity contribution < 1.29 is 14.3 Å². The Hall–Kier alpha value is -2.14. The Labute approximate surface area is 107 Å². The molecule has 0 aliphatic heterocycles. The normalized spacial score (nSPS) is 10.7. The molecule has 1 aromatic carbocycles. The summed E-state index contributed by atoms with van der Waals surface area (Å²) < 4.78 is 10.6. The molecule has 18 heavy (non-hydrogen) atoms. The van der Waals surface area contributed by atoms with Crippen LogP contribution in [-0.2, 0) is 4.74 Å². The maximum Gasteiger partial charge on any atom is 0.513 e. The summed E-state index contributed by atoms with van der Waals surface area (Å²) in [5.41, 5.74) is 0.794. The highest BCUT2D eigenvalue weighted by Gasteiger charge is 2.12. The Morgan fingerprint density at radius 2 is 2.22 bits per heavy atom. The van der Waals surface area contributed by atoms with Crippen molar-refractivity contribution in [2.45, 2.75) is 0 Å². The van der Waals surface area contributed by atoms with Crippen LogP contribution in [0.15, 0.2) is 35.8 Å². The number of fused-ring (bicyclic) bond motifs is 3. The molecule has 0 atom stereocenters. The maximum atomic E-state index is 11.2. The SMILES string of the molecule is COC(=O)Oc1cc2ncccc2c2ccsc12. The molecule has 2 heterocycles. The molecular formula is C13H9NO3S. The summed E-state index contributed by atoms with van der Waals surface area (Å²) in [5.74, 6) is 0.484. The molecule has 90 valence electrons. The fourth-order valence-electron chi connectivity index (χ4n) is 1.87. The molecule has 3 rings (SSSR count). The van der Waals surface area contributed by atoms with Crippen LogP contribution in [0.4, 0.5) is 4.79 Å². The van der Waals surface area contributed by atoms with Crippen molar-refractivity contribution in [2.75, 3.05) is 7.11 Å². The van der Waals surface area contributed by atoms with Crippen LogP contribution < -0.4 is 4.74 Å². The number of aromatic nitrogens is 1. The van der Waals surface area contributed by atoms with Crippen molar-refractivity contribution in [3.8, 4) is 5.75 Å². The summed E-state index contributed by atoms with van der Waals surface area (Å²) in [7, 11) is 1.28. The number of hydrogen-bond donors (Lipinski definition) is 0. The molecule has 0 unspecified atom stereocenters. The first kappa shape index (κ1) is 11.0. The van der Waals surface area contributed by atoms with Gasteiger partial charge in [0.1, 0.15) is 0 Å². The minimum Gasteiger partial charge on any atom is -0.437 e. The highest BCUT2D eigenvalue weighted by molar-refractivity contribution is 7.17. The van der Waals surface area contributed by atoms with Gasteiger partial charge in [-0.05, 0) is 17.5 Å². The van der Waals surface area contributed by atoms with Crippen LogP contribution in [0.1, 0.15) is 0 Å². The fraction of sp³-hybridized carbons (Fsp3) is 0.0769. The third-order valence-electron chi connectivity index (χ3n) is 2.65. The number of hydrogen-bond acceptors (Lipinski definition) is 5. The molecule has 0 radical (unpaired) electrons. The van der Waals surface area contributed by atoms with Gasteiger partial charge < -0.3 is 9.47 Å². The summed E-state index contributed by atoms with van der Waals surface area (Å²) in [4.78, 5) is 15.5. The second-order valence-electron chi connectivity index (χ2n) is 3.66. The predicted octanol–water partition coefficient (Wildman–Crippen LogP) is 3.59. The molecule has 5 heteroatoms. The van der Waals surface area contributed by atoms with Crippen LogP contribution in [0.3, 0.4) is 0 Å². The average molecular weight is 259 g/mol. The van der Waals surface area contributed by atoms with Gasteiger partial charge in [0.25, 0.3) is 0 Å². The molecule has 0 aliphatic carbocycles. The van der Waals surface area contributed by atoms with Crippen molar-refractivity contribution in [1.82, 2.24) is 4.98 Å². The van der Waals surface area contributed by atoms with Crippen LogP contribution in [0.25, 0.3) is 21.0 Å². The topological polar surface area (TPSA) is 48.4 Å². The number of methoxy groups -OCH3 is 1. The molecule has 0 spiro atoms. The first-order valence-corrected chi connectivity index (χ1v) is 6.18. The Kier molecular flexibility index (Phi) is 2.60. The van der Waals surface area contributed by atoms with Gasteiger partial charge in [0.05, 0.1) is 17.3 Å². The highest BCUT2D eigenvalue weighted by Crippen LogP contribution is 2.36. The van der Waals surface area contributed by atoms with Gasteiger partial charge in [0.2, 0.25) is 0 Å². The third-order valence-corrected chi connectivity index (χ3v) is 3.57. The van der Waals surface area contributed by atoms with Crippen LogP contribution in [0, 0.1) is 0 Å². The number of carbonyl (C=O) groups is 1. The Morgan fingerprint density at radius 1 is 1.33 bits per heavy atom. The second kappa shape index (κ2) is 4.27. The lowest BCUT2D eigenvalue weighted by Crippen LogP contribution is -2.07. The van der Waals surface area contributed by atoms with E-state index in [0.29, 0.717) is 5.75 Å². The number of ether oxygens (including phenoxy) is 2. The van der Waals surface area contributed by atoms with E-state index in [0.717, 1.165) is 21.0 Å².